The second-order valence-corrected chi connectivity index (χ2v) is 6.94. The maximum absolute atomic E-state index is 12.8. The van der Waals surface area contributed by atoms with Gasteiger partial charge in [-0.1, -0.05) is 23.7 Å². The summed E-state index contributed by atoms with van der Waals surface area (Å²) in [4.78, 5) is 26.9. The molecule has 27 heavy (non-hydrogen) atoms. The number of nitrogens with zero attached hydrogens (tertiary/aromatic N) is 3. The molecular formula is C18H21ClN4O4. The number of rotatable bonds is 6. The number of amides is 1. The first-order chi connectivity index (χ1) is 12.9. The zero-order chi connectivity index (χ0) is 19.4. The molecule has 144 valence electrons. The Morgan fingerprint density at radius 1 is 1.41 bits per heavy atom. The lowest BCUT2D eigenvalue weighted by Gasteiger charge is -2.34. The minimum atomic E-state index is -0.895. The molecule has 3 rings (SSSR count). The van der Waals surface area contributed by atoms with E-state index in [-0.39, 0.29) is 18.6 Å². The monoisotopic (exact) mass is 392 g/mol. The fraction of sp³-hybridized carbons (Fsp3) is 0.389. The Hall–Kier alpha value is -2.42. The van der Waals surface area contributed by atoms with Gasteiger partial charge in [-0.25, -0.2) is 0 Å². The molecule has 0 bridgehead atoms. The van der Waals surface area contributed by atoms with Crippen molar-refractivity contribution in [2.24, 2.45) is 0 Å². The van der Waals surface area contributed by atoms with Crippen LogP contribution in [-0.4, -0.2) is 82.9 Å². The third kappa shape index (κ3) is 5.06. The Balaban J connectivity index is 1.63. The highest BCUT2D eigenvalue weighted by Crippen LogP contribution is 2.21. The van der Waals surface area contributed by atoms with Crippen molar-refractivity contribution in [3.05, 3.63) is 41.0 Å². The summed E-state index contributed by atoms with van der Waals surface area (Å²) in [6.07, 6.45) is -0.231. The van der Waals surface area contributed by atoms with E-state index in [9.17, 15) is 9.59 Å². The number of hydrogen-bond donors (Lipinski definition) is 2. The van der Waals surface area contributed by atoms with Crippen LogP contribution in [0.4, 0.5) is 0 Å². The van der Waals surface area contributed by atoms with Crippen molar-refractivity contribution in [3.63, 3.8) is 0 Å². The summed E-state index contributed by atoms with van der Waals surface area (Å²) in [5.41, 5.74) is 1.94. The van der Waals surface area contributed by atoms with E-state index in [1.54, 1.807) is 35.0 Å². The Kier molecular flexibility index (Phi) is 6.10. The Bertz CT molecular complexity index is 808. The lowest BCUT2D eigenvalue weighted by molar-refractivity contribution is -0.138. The van der Waals surface area contributed by atoms with Crippen LogP contribution >= 0.6 is 11.6 Å². The van der Waals surface area contributed by atoms with Gasteiger partial charge in [0.05, 0.1) is 24.9 Å². The number of likely N-dealkylation sites (N-methyl/N-ethyl adjacent to an activating group) is 1. The van der Waals surface area contributed by atoms with Gasteiger partial charge in [0.25, 0.3) is 5.91 Å². The van der Waals surface area contributed by atoms with Crippen molar-refractivity contribution in [1.29, 1.82) is 0 Å². The van der Waals surface area contributed by atoms with Crippen LogP contribution < -0.4 is 0 Å². The second-order valence-electron chi connectivity index (χ2n) is 6.51. The molecule has 0 spiro atoms. The molecular weight excluding hydrogens is 372 g/mol. The molecule has 1 fully saturated rings. The highest BCUT2D eigenvalue weighted by atomic mass is 35.5. The summed E-state index contributed by atoms with van der Waals surface area (Å²) in [5, 5.41) is 16.5. The molecule has 1 amide bonds. The summed E-state index contributed by atoms with van der Waals surface area (Å²) < 4.78 is 5.67. The van der Waals surface area contributed by atoms with Gasteiger partial charge >= 0.3 is 5.97 Å². The number of carbonyl (C=O) groups is 2. The lowest BCUT2D eigenvalue weighted by Crippen LogP contribution is -2.49. The second kappa shape index (κ2) is 8.51. The van der Waals surface area contributed by atoms with Crippen molar-refractivity contribution >= 4 is 23.5 Å². The maximum atomic E-state index is 12.8. The van der Waals surface area contributed by atoms with Crippen LogP contribution in [0.15, 0.2) is 30.3 Å². The highest BCUT2D eigenvalue weighted by Gasteiger charge is 2.27. The van der Waals surface area contributed by atoms with Crippen LogP contribution in [0.5, 0.6) is 0 Å². The molecule has 1 aromatic heterocycles. The summed E-state index contributed by atoms with van der Waals surface area (Å²) in [6.45, 7) is 1.66. The first kappa shape index (κ1) is 19.3. The van der Waals surface area contributed by atoms with Crippen molar-refractivity contribution in [1.82, 2.24) is 20.0 Å². The molecule has 2 heterocycles. The molecule has 1 saturated heterocycles. The van der Waals surface area contributed by atoms with E-state index in [0.717, 1.165) is 5.56 Å². The summed E-state index contributed by atoms with van der Waals surface area (Å²) in [5.74, 6) is -1.05. The molecule has 2 N–H and O–H groups in total. The van der Waals surface area contributed by atoms with Crippen molar-refractivity contribution < 1.29 is 19.4 Å². The standard InChI is InChI=1S/C18H21ClN4O4/c1-22(11-17(24)25)9-14-10-23(6-7-27-14)18(26)16-8-15(20-21-16)12-2-4-13(19)5-3-12/h2-5,8,14H,6-7,9-11H2,1H3,(H,20,21)(H,24,25). The number of benzene rings is 1. The number of nitrogens with one attached hydrogen (secondary N) is 1. The Morgan fingerprint density at radius 2 is 2.15 bits per heavy atom. The maximum Gasteiger partial charge on any atom is 0.317 e. The molecule has 0 radical (unpaired) electrons. The van der Waals surface area contributed by atoms with Gasteiger partial charge in [0.1, 0.15) is 5.69 Å². The zero-order valence-electron chi connectivity index (χ0n) is 14.9. The number of carboxylic acids is 1. The molecule has 1 atom stereocenters. The van der Waals surface area contributed by atoms with Crippen LogP contribution in [0.1, 0.15) is 10.5 Å². The van der Waals surface area contributed by atoms with E-state index in [0.29, 0.717) is 42.7 Å². The number of H-pyrrole nitrogens is 1. The van der Waals surface area contributed by atoms with Crippen molar-refractivity contribution in [3.8, 4) is 11.3 Å². The molecule has 1 aliphatic heterocycles. The number of hydrogen-bond acceptors (Lipinski definition) is 5. The van der Waals surface area contributed by atoms with Crippen molar-refractivity contribution in [2.75, 3.05) is 39.8 Å². The smallest absolute Gasteiger partial charge is 0.317 e. The first-order valence-corrected chi connectivity index (χ1v) is 8.92. The molecule has 1 unspecified atom stereocenters. The Morgan fingerprint density at radius 3 is 2.85 bits per heavy atom. The molecule has 2 aromatic rings. The number of halogens is 1. The van der Waals surface area contributed by atoms with Gasteiger partial charge in [-0.3, -0.25) is 19.6 Å². The fourth-order valence-electron chi connectivity index (χ4n) is 3.03. The minimum absolute atomic E-state index is 0.0706. The third-order valence-corrected chi connectivity index (χ3v) is 4.55. The quantitative estimate of drug-likeness (QED) is 0.774. The van der Waals surface area contributed by atoms with Gasteiger partial charge in [0, 0.05) is 30.2 Å². The van der Waals surface area contributed by atoms with Crippen LogP contribution in [0, 0.1) is 0 Å². The normalized spacial score (nSPS) is 17.3. The van der Waals surface area contributed by atoms with Crippen LogP contribution in [0.2, 0.25) is 5.02 Å². The summed E-state index contributed by atoms with van der Waals surface area (Å²) >= 11 is 5.90. The van der Waals surface area contributed by atoms with Crippen molar-refractivity contribution in [2.45, 2.75) is 6.10 Å². The van der Waals surface area contributed by atoms with E-state index in [2.05, 4.69) is 10.2 Å². The first-order valence-electron chi connectivity index (χ1n) is 8.55. The lowest BCUT2D eigenvalue weighted by atomic mass is 10.1. The predicted molar refractivity (Wildman–Crippen MR) is 99.8 cm³/mol. The molecule has 1 aliphatic rings. The summed E-state index contributed by atoms with van der Waals surface area (Å²) in [7, 11) is 1.71. The van der Waals surface area contributed by atoms with E-state index in [4.69, 9.17) is 21.4 Å². The summed E-state index contributed by atoms with van der Waals surface area (Å²) in [6, 6.07) is 8.94. The molecule has 0 saturated carbocycles. The van der Waals surface area contributed by atoms with Gasteiger partial charge in [0.2, 0.25) is 0 Å². The number of carboxylic acid groups (broad SMARTS) is 1. The molecule has 0 aliphatic carbocycles. The fourth-order valence-corrected chi connectivity index (χ4v) is 3.15. The average Bonchev–Trinajstić information content (AvgIpc) is 3.11. The van der Waals surface area contributed by atoms with Crippen LogP contribution in [-0.2, 0) is 9.53 Å². The van der Waals surface area contributed by atoms with Gasteiger partial charge in [-0.05, 0) is 25.2 Å². The highest BCUT2D eigenvalue weighted by molar-refractivity contribution is 6.30. The zero-order valence-corrected chi connectivity index (χ0v) is 15.6. The number of ether oxygens (including phenoxy) is 1. The van der Waals surface area contributed by atoms with E-state index in [1.165, 1.54) is 0 Å². The number of carbonyl (C=O) groups excluding carboxylic acids is 1. The topological polar surface area (TPSA) is 98.8 Å². The van der Waals surface area contributed by atoms with Gasteiger partial charge in [-0.15, -0.1) is 0 Å². The van der Waals surface area contributed by atoms with E-state index < -0.39 is 5.97 Å². The van der Waals surface area contributed by atoms with Crippen LogP contribution in [0.3, 0.4) is 0 Å². The number of aliphatic carboxylic acids is 1. The van der Waals surface area contributed by atoms with Gasteiger partial charge < -0.3 is 14.7 Å². The SMILES string of the molecule is CN(CC(=O)O)CC1CN(C(=O)c2cc(-c3ccc(Cl)cc3)n[nH]2)CCO1. The van der Waals surface area contributed by atoms with Gasteiger partial charge in [-0.2, -0.15) is 5.10 Å². The van der Waals surface area contributed by atoms with E-state index in [1.807, 2.05) is 12.1 Å². The average molecular weight is 393 g/mol. The largest absolute Gasteiger partial charge is 0.480 e. The number of morpholine rings is 1. The molecule has 8 nitrogen and oxygen atoms in total. The third-order valence-electron chi connectivity index (χ3n) is 4.29. The van der Waals surface area contributed by atoms with Crippen LogP contribution in [0.25, 0.3) is 11.3 Å². The number of aromatic nitrogens is 2. The molecule has 1 aromatic carbocycles. The molecule has 9 heteroatoms. The number of aromatic amines is 1. The van der Waals surface area contributed by atoms with Gasteiger partial charge in [0.15, 0.2) is 0 Å². The minimum Gasteiger partial charge on any atom is -0.480 e. The predicted octanol–water partition coefficient (Wildman–Crippen LogP) is 1.59. The Labute approximate surface area is 161 Å². The van der Waals surface area contributed by atoms with E-state index >= 15 is 0 Å².